The fourth-order valence-electron chi connectivity index (χ4n) is 1.52. The molecule has 21 heavy (non-hydrogen) atoms. The molecule has 112 valence electrons. The molecule has 0 aliphatic carbocycles. The summed E-state index contributed by atoms with van der Waals surface area (Å²) in [7, 11) is 1.49. The lowest BCUT2D eigenvalue weighted by Crippen LogP contribution is -2.29. The third kappa shape index (κ3) is 4.18. The van der Waals surface area contributed by atoms with E-state index in [1.54, 1.807) is 0 Å². The van der Waals surface area contributed by atoms with Gasteiger partial charge in [-0.3, -0.25) is 4.68 Å². The first-order valence-corrected chi connectivity index (χ1v) is 6.58. The molecular weight excluding hydrogens is 350 g/mol. The first kappa shape index (κ1) is 15.3. The van der Waals surface area contributed by atoms with Crippen molar-refractivity contribution in [2.75, 3.05) is 5.32 Å². The van der Waals surface area contributed by atoms with E-state index in [-0.39, 0.29) is 12.2 Å². The minimum atomic E-state index is -2.77. The van der Waals surface area contributed by atoms with Crippen LogP contribution in [-0.4, -0.2) is 25.8 Å². The van der Waals surface area contributed by atoms with Gasteiger partial charge in [0.2, 0.25) is 0 Å². The Hall–Kier alpha value is -2.10. The minimum absolute atomic E-state index is 0.0401. The molecule has 0 saturated carbocycles. The van der Waals surface area contributed by atoms with Crippen LogP contribution in [0.4, 0.5) is 19.3 Å². The lowest BCUT2D eigenvalue weighted by molar-refractivity contribution is 0.146. The van der Waals surface area contributed by atoms with Crippen molar-refractivity contribution in [2.24, 2.45) is 7.05 Å². The highest BCUT2D eigenvalue weighted by Crippen LogP contribution is 2.24. The molecule has 0 bridgehead atoms. The fourth-order valence-corrected chi connectivity index (χ4v) is 1.72. The number of urea groups is 1. The monoisotopic (exact) mass is 360 g/mol. The number of nitrogens with zero attached hydrogens (tertiary/aromatic N) is 4. The summed E-state index contributed by atoms with van der Waals surface area (Å²) in [6.45, 7) is 0.0728. The number of hydrogen-bond acceptors (Lipinski definition) is 4. The number of carbonyl (C=O) groups excluding carboxylic acids is 1. The van der Waals surface area contributed by atoms with E-state index in [0.29, 0.717) is 10.3 Å². The number of carbonyl (C=O) groups is 1. The molecule has 0 spiro atoms. The lowest BCUT2D eigenvalue weighted by atomic mass is 10.4. The summed E-state index contributed by atoms with van der Waals surface area (Å²) < 4.78 is 27.3. The number of anilines is 1. The topological polar surface area (TPSA) is 84.7 Å². The number of aryl methyl sites for hydroxylation is 1. The summed E-state index contributed by atoms with van der Waals surface area (Å²) in [5, 5.41) is 8.37. The van der Waals surface area contributed by atoms with Gasteiger partial charge in [0.1, 0.15) is 5.82 Å². The van der Waals surface area contributed by atoms with Crippen LogP contribution in [0.1, 0.15) is 17.9 Å². The van der Waals surface area contributed by atoms with Crippen LogP contribution in [0.25, 0.3) is 0 Å². The number of rotatable bonds is 4. The molecule has 7 nitrogen and oxygen atoms in total. The molecule has 0 radical (unpaired) electrons. The summed E-state index contributed by atoms with van der Waals surface area (Å²) in [6.07, 6.45) is 1.61. The van der Waals surface area contributed by atoms with E-state index in [4.69, 9.17) is 0 Å². The molecule has 0 atom stereocenters. The molecule has 2 heterocycles. The highest BCUT2D eigenvalue weighted by Gasteiger charge is 2.19. The van der Waals surface area contributed by atoms with Gasteiger partial charge < -0.3 is 10.6 Å². The van der Waals surface area contributed by atoms with E-state index in [0.717, 1.165) is 0 Å². The number of aromatic nitrogens is 4. The number of halogens is 3. The maximum absolute atomic E-state index is 12.7. The minimum Gasteiger partial charge on any atom is -0.331 e. The number of hydrogen-bond donors (Lipinski definition) is 2. The van der Waals surface area contributed by atoms with Crippen LogP contribution in [0, 0.1) is 0 Å². The molecular formula is C11H11BrF2N6O. The number of amides is 2. The van der Waals surface area contributed by atoms with Gasteiger partial charge in [0.25, 0.3) is 6.43 Å². The highest BCUT2D eigenvalue weighted by atomic mass is 79.9. The molecule has 2 aromatic heterocycles. The average Bonchev–Trinajstić information content (AvgIpc) is 2.79. The van der Waals surface area contributed by atoms with Crippen molar-refractivity contribution in [3.63, 3.8) is 0 Å². The molecule has 0 aromatic carbocycles. The molecule has 2 amide bonds. The number of nitrogens with one attached hydrogen (secondary N) is 2. The van der Waals surface area contributed by atoms with Gasteiger partial charge in [0.05, 0.1) is 16.7 Å². The largest absolute Gasteiger partial charge is 0.331 e. The quantitative estimate of drug-likeness (QED) is 0.875. The Kier molecular flexibility index (Phi) is 4.78. The van der Waals surface area contributed by atoms with Gasteiger partial charge in [-0.1, -0.05) is 0 Å². The SMILES string of the molecule is Cn1cc(NC(=O)NCc2ncc(Br)cn2)c(C(F)F)n1. The van der Waals surface area contributed by atoms with Crippen molar-refractivity contribution in [1.82, 2.24) is 25.1 Å². The van der Waals surface area contributed by atoms with Gasteiger partial charge in [0, 0.05) is 25.6 Å². The van der Waals surface area contributed by atoms with Crippen molar-refractivity contribution in [3.05, 3.63) is 34.6 Å². The van der Waals surface area contributed by atoms with Gasteiger partial charge in [-0.05, 0) is 15.9 Å². The Morgan fingerprint density at radius 2 is 2.10 bits per heavy atom. The normalized spacial score (nSPS) is 10.7. The second-order valence-corrected chi connectivity index (χ2v) is 4.94. The summed E-state index contributed by atoms with van der Waals surface area (Å²) in [5.74, 6) is 0.397. The van der Waals surface area contributed by atoms with Crippen molar-refractivity contribution >= 4 is 27.6 Å². The van der Waals surface area contributed by atoms with Crippen molar-refractivity contribution < 1.29 is 13.6 Å². The Bertz CT molecular complexity index is 630. The Morgan fingerprint density at radius 1 is 1.43 bits per heavy atom. The second kappa shape index (κ2) is 6.57. The van der Waals surface area contributed by atoms with Crippen LogP contribution in [0.5, 0.6) is 0 Å². The fraction of sp³-hybridized carbons (Fsp3) is 0.273. The zero-order valence-electron chi connectivity index (χ0n) is 10.8. The third-order valence-corrected chi connectivity index (χ3v) is 2.80. The Morgan fingerprint density at radius 3 is 2.71 bits per heavy atom. The molecule has 0 aliphatic heterocycles. The summed E-state index contributed by atoms with van der Waals surface area (Å²) in [5.41, 5.74) is -0.519. The van der Waals surface area contributed by atoms with Crippen molar-refractivity contribution in [1.29, 1.82) is 0 Å². The van der Waals surface area contributed by atoms with Crippen LogP contribution < -0.4 is 10.6 Å². The van der Waals surface area contributed by atoms with Crippen LogP contribution in [0.3, 0.4) is 0 Å². The van der Waals surface area contributed by atoms with Crippen LogP contribution in [-0.2, 0) is 13.6 Å². The van der Waals surface area contributed by atoms with E-state index in [1.165, 1.54) is 30.3 Å². The van der Waals surface area contributed by atoms with Gasteiger partial charge >= 0.3 is 6.03 Å². The standard InChI is InChI=1S/C11H11BrF2N6O/c1-20-5-7(9(19-20)10(13)14)18-11(21)17-4-8-15-2-6(12)3-16-8/h2-3,5,10H,4H2,1H3,(H2,17,18,21). The summed E-state index contributed by atoms with van der Waals surface area (Å²) in [6, 6.07) is -0.642. The van der Waals surface area contributed by atoms with E-state index in [9.17, 15) is 13.6 Å². The molecule has 2 aromatic rings. The average molecular weight is 361 g/mol. The lowest BCUT2D eigenvalue weighted by Gasteiger charge is -2.06. The van der Waals surface area contributed by atoms with E-state index in [1.807, 2.05) is 0 Å². The molecule has 2 rings (SSSR count). The summed E-state index contributed by atoms with van der Waals surface area (Å²) in [4.78, 5) is 19.6. The Balaban J connectivity index is 1.94. The van der Waals surface area contributed by atoms with Crippen LogP contribution in [0.15, 0.2) is 23.1 Å². The maximum Gasteiger partial charge on any atom is 0.319 e. The van der Waals surface area contributed by atoms with Gasteiger partial charge in [0.15, 0.2) is 5.69 Å². The molecule has 0 saturated heterocycles. The predicted octanol–water partition coefficient (Wildman–Crippen LogP) is 2.23. The second-order valence-electron chi connectivity index (χ2n) is 4.03. The predicted molar refractivity (Wildman–Crippen MR) is 73.8 cm³/mol. The van der Waals surface area contributed by atoms with E-state index in [2.05, 4.69) is 41.6 Å². The van der Waals surface area contributed by atoms with Gasteiger partial charge in [-0.2, -0.15) is 5.10 Å². The zero-order chi connectivity index (χ0) is 15.4. The summed E-state index contributed by atoms with van der Waals surface area (Å²) >= 11 is 3.19. The highest BCUT2D eigenvalue weighted by molar-refractivity contribution is 9.10. The third-order valence-electron chi connectivity index (χ3n) is 2.39. The van der Waals surface area contributed by atoms with Gasteiger partial charge in [-0.15, -0.1) is 0 Å². The van der Waals surface area contributed by atoms with Crippen molar-refractivity contribution in [3.8, 4) is 0 Å². The van der Waals surface area contributed by atoms with Crippen molar-refractivity contribution in [2.45, 2.75) is 13.0 Å². The first-order valence-electron chi connectivity index (χ1n) is 5.78. The van der Waals surface area contributed by atoms with E-state index < -0.39 is 18.2 Å². The van der Waals surface area contributed by atoms with Gasteiger partial charge in [-0.25, -0.2) is 23.5 Å². The Labute approximate surface area is 126 Å². The first-order chi connectivity index (χ1) is 9.95. The molecule has 0 unspecified atom stereocenters. The maximum atomic E-state index is 12.7. The zero-order valence-corrected chi connectivity index (χ0v) is 12.4. The molecule has 2 N–H and O–H groups in total. The van der Waals surface area contributed by atoms with E-state index >= 15 is 0 Å². The molecule has 0 aliphatic rings. The molecule has 0 fully saturated rings. The smallest absolute Gasteiger partial charge is 0.319 e. The molecule has 10 heteroatoms. The van der Waals surface area contributed by atoms with Crippen LogP contribution >= 0.6 is 15.9 Å². The van der Waals surface area contributed by atoms with Crippen LogP contribution in [0.2, 0.25) is 0 Å². The number of alkyl halides is 2.